The van der Waals surface area contributed by atoms with E-state index >= 15 is 0 Å². The SMILES string of the molecule is COCCN1C(=O)N(CC(C)C)C2(CCN(c3nc(CO)cs3)CC2)C1=O. The average Bonchev–Trinajstić information content (AvgIpc) is 3.20. The van der Waals surface area contributed by atoms with E-state index in [-0.39, 0.29) is 24.5 Å². The molecule has 1 aromatic rings. The zero-order valence-corrected chi connectivity index (χ0v) is 17.0. The minimum atomic E-state index is -0.761. The van der Waals surface area contributed by atoms with Gasteiger partial charge in [0.05, 0.1) is 25.5 Å². The Balaban J connectivity index is 1.79. The number of anilines is 1. The fourth-order valence-corrected chi connectivity index (χ4v) is 4.72. The van der Waals surface area contributed by atoms with Crippen LogP contribution in [0.4, 0.5) is 9.93 Å². The molecule has 3 heterocycles. The summed E-state index contributed by atoms with van der Waals surface area (Å²) in [6.07, 6.45) is 1.17. The van der Waals surface area contributed by atoms with Crippen LogP contribution in [0.15, 0.2) is 5.38 Å². The number of piperidine rings is 1. The highest BCUT2D eigenvalue weighted by atomic mass is 32.1. The molecule has 3 amide bonds. The van der Waals surface area contributed by atoms with Crippen LogP contribution in [-0.2, 0) is 16.1 Å². The van der Waals surface area contributed by atoms with E-state index < -0.39 is 5.54 Å². The van der Waals surface area contributed by atoms with Gasteiger partial charge < -0.3 is 19.6 Å². The number of imide groups is 1. The Morgan fingerprint density at radius 1 is 1.33 bits per heavy atom. The van der Waals surface area contributed by atoms with E-state index in [0.29, 0.717) is 51.3 Å². The van der Waals surface area contributed by atoms with Crippen molar-refractivity contribution in [3.63, 3.8) is 0 Å². The van der Waals surface area contributed by atoms with Crippen molar-refractivity contribution in [3.05, 3.63) is 11.1 Å². The van der Waals surface area contributed by atoms with E-state index in [2.05, 4.69) is 23.7 Å². The van der Waals surface area contributed by atoms with Gasteiger partial charge in [-0.1, -0.05) is 13.8 Å². The molecule has 2 aliphatic rings. The molecular formula is C18H28N4O4S. The number of amides is 3. The molecule has 9 heteroatoms. The first-order valence-electron chi connectivity index (χ1n) is 9.35. The smallest absolute Gasteiger partial charge is 0.327 e. The maximum Gasteiger partial charge on any atom is 0.327 e. The summed E-state index contributed by atoms with van der Waals surface area (Å²) < 4.78 is 5.08. The highest BCUT2D eigenvalue weighted by molar-refractivity contribution is 7.13. The minimum absolute atomic E-state index is 0.0715. The molecule has 150 valence electrons. The number of rotatable bonds is 7. The molecule has 0 radical (unpaired) electrons. The molecule has 3 rings (SSSR count). The Kier molecular flexibility index (Phi) is 6.02. The van der Waals surface area contributed by atoms with Crippen LogP contribution in [0.1, 0.15) is 32.4 Å². The molecule has 27 heavy (non-hydrogen) atoms. The molecule has 1 aromatic heterocycles. The summed E-state index contributed by atoms with van der Waals surface area (Å²) in [7, 11) is 1.57. The van der Waals surface area contributed by atoms with Gasteiger partial charge in [0.15, 0.2) is 5.13 Å². The summed E-state index contributed by atoms with van der Waals surface area (Å²) in [6, 6.07) is -0.198. The second kappa shape index (κ2) is 8.12. The normalized spacial score (nSPS) is 19.8. The third-order valence-electron chi connectivity index (χ3n) is 5.25. The lowest BCUT2D eigenvalue weighted by Gasteiger charge is -2.42. The van der Waals surface area contributed by atoms with E-state index in [1.807, 2.05) is 5.38 Å². The Bertz CT molecular complexity index is 685. The summed E-state index contributed by atoms with van der Waals surface area (Å²) in [6.45, 7) is 6.57. The average molecular weight is 397 g/mol. The molecule has 1 spiro atoms. The fraction of sp³-hybridized carbons (Fsp3) is 0.722. The molecule has 0 bridgehead atoms. The first-order chi connectivity index (χ1) is 12.9. The van der Waals surface area contributed by atoms with E-state index in [9.17, 15) is 14.7 Å². The van der Waals surface area contributed by atoms with Crippen molar-refractivity contribution in [2.45, 2.75) is 38.8 Å². The molecule has 0 unspecified atom stereocenters. The first kappa shape index (κ1) is 20.0. The van der Waals surface area contributed by atoms with Crippen LogP contribution in [0, 0.1) is 5.92 Å². The minimum Gasteiger partial charge on any atom is -0.390 e. The quantitative estimate of drug-likeness (QED) is 0.704. The van der Waals surface area contributed by atoms with Gasteiger partial charge >= 0.3 is 6.03 Å². The van der Waals surface area contributed by atoms with Crippen LogP contribution in [0.2, 0.25) is 0 Å². The van der Waals surface area contributed by atoms with Gasteiger partial charge in [-0.05, 0) is 18.8 Å². The van der Waals surface area contributed by atoms with Crippen molar-refractivity contribution in [3.8, 4) is 0 Å². The maximum absolute atomic E-state index is 13.2. The monoisotopic (exact) mass is 396 g/mol. The lowest BCUT2D eigenvalue weighted by atomic mass is 9.85. The standard InChI is InChI=1S/C18H28N4O4S/c1-13(2)10-22-17(25)21(8-9-26-3)15(24)18(22)4-6-20(7-5-18)16-19-14(11-23)12-27-16/h12-13,23H,4-11H2,1-3H3. The summed E-state index contributed by atoms with van der Waals surface area (Å²) in [5, 5.41) is 11.9. The number of nitrogens with zero attached hydrogens (tertiary/aromatic N) is 4. The predicted octanol–water partition coefficient (Wildman–Crippen LogP) is 1.54. The van der Waals surface area contributed by atoms with E-state index in [4.69, 9.17) is 4.74 Å². The zero-order chi connectivity index (χ0) is 19.6. The molecular weight excluding hydrogens is 368 g/mol. The van der Waals surface area contributed by atoms with Crippen LogP contribution in [0.25, 0.3) is 0 Å². The molecule has 0 saturated carbocycles. The number of urea groups is 1. The molecule has 0 aromatic carbocycles. The van der Waals surface area contributed by atoms with Crippen molar-refractivity contribution in [2.24, 2.45) is 5.92 Å². The van der Waals surface area contributed by atoms with Crippen molar-refractivity contribution in [2.75, 3.05) is 44.8 Å². The number of hydrogen-bond acceptors (Lipinski definition) is 7. The van der Waals surface area contributed by atoms with Crippen LogP contribution in [0.5, 0.6) is 0 Å². The van der Waals surface area contributed by atoms with E-state index in [1.165, 1.54) is 16.2 Å². The Morgan fingerprint density at radius 2 is 2.04 bits per heavy atom. The number of methoxy groups -OCH3 is 1. The number of thiazole rings is 1. The molecule has 8 nitrogen and oxygen atoms in total. The summed E-state index contributed by atoms with van der Waals surface area (Å²) in [4.78, 5) is 35.9. The zero-order valence-electron chi connectivity index (χ0n) is 16.2. The van der Waals surface area contributed by atoms with E-state index in [0.717, 1.165) is 5.13 Å². The summed E-state index contributed by atoms with van der Waals surface area (Å²) >= 11 is 1.50. The highest BCUT2D eigenvalue weighted by Crippen LogP contribution is 2.39. The van der Waals surface area contributed by atoms with Crippen molar-refractivity contribution < 1.29 is 19.4 Å². The predicted molar refractivity (Wildman–Crippen MR) is 103 cm³/mol. The van der Waals surface area contributed by atoms with Gasteiger partial charge in [-0.15, -0.1) is 11.3 Å². The second-order valence-corrected chi connectivity index (χ2v) is 8.37. The first-order valence-corrected chi connectivity index (χ1v) is 10.2. The van der Waals surface area contributed by atoms with Crippen LogP contribution in [0.3, 0.4) is 0 Å². The number of aliphatic hydroxyl groups is 1. The number of carbonyl (C=O) groups is 2. The Morgan fingerprint density at radius 3 is 2.59 bits per heavy atom. The highest BCUT2D eigenvalue weighted by Gasteiger charge is 2.57. The number of carbonyl (C=O) groups excluding carboxylic acids is 2. The third kappa shape index (κ3) is 3.68. The number of aromatic nitrogens is 1. The molecule has 0 aliphatic carbocycles. The Hall–Kier alpha value is -1.71. The molecule has 1 N–H and O–H groups in total. The maximum atomic E-state index is 13.2. The van der Waals surface area contributed by atoms with Gasteiger partial charge in [0.2, 0.25) is 0 Å². The van der Waals surface area contributed by atoms with Gasteiger partial charge in [-0.25, -0.2) is 9.78 Å². The lowest BCUT2D eigenvalue weighted by Crippen LogP contribution is -2.57. The molecule has 2 fully saturated rings. The topological polar surface area (TPSA) is 86.2 Å². The molecule has 2 aliphatic heterocycles. The van der Waals surface area contributed by atoms with Crippen molar-refractivity contribution in [1.82, 2.24) is 14.8 Å². The van der Waals surface area contributed by atoms with Crippen LogP contribution < -0.4 is 4.90 Å². The fourth-order valence-electron chi connectivity index (χ4n) is 3.85. The van der Waals surface area contributed by atoms with Gasteiger partial charge in [-0.2, -0.15) is 0 Å². The molecule has 0 atom stereocenters. The van der Waals surface area contributed by atoms with Crippen LogP contribution in [-0.4, -0.2) is 77.3 Å². The number of hydrogen-bond donors (Lipinski definition) is 1. The summed E-state index contributed by atoms with van der Waals surface area (Å²) in [5.74, 6) is 0.185. The number of ether oxygens (including phenoxy) is 1. The Labute approximate surface area is 163 Å². The van der Waals surface area contributed by atoms with E-state index in [1.54, 1.807) is 12.0 Å². The van der Waals surface area contributed by atoms with Crippen molar-refractivity contribution >= 4 is 28.4 Å². The molecule has 2 saturated heterocycles. The van der Waals surface area contributed by atoms with Gasteiger partial charge in [-0.3, -0.25) is 9.69 Å². The van der Waals surface area contributed by atoms with Gasteiger partial charge in [0, 0.05) is 32.1 Å². The summed E-state index contributed by atoms with van der Waals surface area (Å²) in [5.41, 5.74) is -0.0996. The largest absolute Gasteiger partial charge is 0.390 e. The van der Waals surface area contributed by atoms with Crippen LogP contribution >= 0.6 is 11.3 Å². The number of aliphatic hydroxyl groups excluding tert-OH is 1. The van der Waals surface area contributed by atoms with Gasteiger partial charge in [0.25, 0.3) is 5.91 Å². The third-order valence-corrected chi connectivity index (χ3v) is 6.20. The van der Waals surface area contributed by atoms with Crippen molar-refractivity contribution in [1.29, 1.82) is 0 Å². The lowest BCUT2D eigenvalue weighted by molar-refractivity contribution is -0.134. The van der Waals surface area contributed by atoms with Gasteiger partial charge in [0.1, 0.15) is 5.54 Å². The second-order valence-electron chi connectivity index (χ2n) is 7.53.